The van der Waals surface area contributed by atoms with Crippen LogP contribution in [0.15, 0.2) is 36.4 Å². The molecule has 0 atom stereocenters. The number of anilines is 1. The maximum atomic E-state index is 13.0. The van der Waals surface area contributed by atoms with E-state index in [1.807, 2.05) is 0 Å². The highest BCUT2D eigenvalue weighted by Gasteiger charge is 2.13. The molecule has 0 fully saturated rings. The van der Waals surface area contributed by atoms with Gasteiger partial charge in [-0.25, -0.2) is 13.2 Å². The molecule has 2 rings (SSSR count). The van der Waals surface area contributed by atoms with Gasteiger partial charge in [-0.05, 0) is 30.3 Å². The quantitative estimate of drug-likeness (QED) is 0.897. The van der Waals surface area contributed by atoms with Gasteiger partial charge in [0.05, 0.1) is 17.1 Å². The van der Waals surface area contributed by atoms with Gasteiger partial charge in [-0.2, -0.15) is 0 Å². The topological polar surface area (TPSA) is 58.2 Å². The van der Waals surface area contributed by atoms with Crippen molar-refractivity contribution in [3.63, 3.8) is 0 Å². The predicted octanol–water partition coefficient (Wildman–Crippen LogP) is 3.13. The molecule has 0 aliphatic heterocycles. The Morgan fingerprint density at radius 3 is 2.39 bits per heavy atom. The summed E-state index contributed by atoms with van der Waals surface area (Å²) in [6.45, 7) is -0.425. The van der Waals surface area contributed by atoms with Gasteiger partial charge in [0.25, 0.3) is 5.91 Å². The van der Waals surface area contributed by atoms with Crippen molar-refractivity contribution in [3.8, 4) is 0 Å². The molecule has 2 amide bonds. The van der Waals surface area contributed by atoms with Crippen molar-refractivity contribution < 1.29 is 22.8 Å². The number of rotatable bonds is 4. The lowest BCUT2D eigenvalue weighted by atomic mass is 10.2. The van der Waals surface area contributed by atoms with Gasteiger partial charge >= 0.3 is 0 Å². The lowest BCUT2D eigenvalue weighted by molar-refractivity contribution is -0.115. The van der Waals surface area contributed by atoms with Gasteiger partial charge in [-0.1, -0.05) is 11.6 Å². The summed E-state index contributed by atoms with van der Waals surface area (Å²) in [5.74, 6) is -4.06. The van der Waals surface area contributed by atoms with Crippen molar-refractivity contribution in [2.75, 3.05) is 11.9 Å². The number of nitrogens with one attached hydrogen (secondary N) is 2. The molecule has 0 bridgehead atoms. The Kier molecular flexibility index (Phi) is 5.23. The second kappa shape index (κ2) is 7.15. The summed E-state index contributed by atoms with van der Waals surface area (Å²) in [6, 6.07) is 6.06. The molecule has 0 spiro atoms. The van der Waals surface area contributed by atoms with Crippen LogP contribution in [0.3, 0.4) is 0 Å². The van der Waals surface area contributed by atoms with E-state index in [2.05, 4.69) is 10.6 Å². The van der Waals surface area contributed by atoms with E-state index in [4.69, 9.17) is 11.6 Å². The normalized spacial score (nSPS) is 10.3. The van der Waals surface area contributed by atoms with Crippen molar-refractivity contribution >= 4 is 29.1 Å². The zero-order chi connectivity index (χ0) is 17.0. The first kappa shape index (κ1) is 16.8. The average molecular weight is 343 g/mol. The fraction of sp³-hybridized carbons (Fsp3) is 0.0667. The highest BCUT2D eigenvalue weighted by Crippen LogP contribution is 2.17. The van der Waals surface area contributed by atoms with E-state index in [0.717, 1.165) is 24.3 Å². The molecule has 0 aliphatic rings. The molecule has 0 aliphatic carbocycles. The third-order valence-electron chi connectivity index (χ3n) is 2.79. The molecule has 0 saturated carbocycles. The van der Waals surface area contributed by atoms with E-state index >= 15 is 0 Å². The Hall–Kier alpha value is -2.54. The van der Waals surface area contributed by atoms with Gasteiger partial charge in [0, 0.05) is 11.8 Å². The van der Waals surface area contributed by atoms with Crippen LogP contribution < -0.4 is 10.6 Å². The van der Waals surface area contributed by atoms with Crippen molar-refractivity contribution in [2.45, 2.75) is 0 Å². The van der Waals surface area contributed by atoms with Crippen LogP contribution in [0.25, 0.3) is 0 Å². The summed E-state index contributed by atoms with van der Waals surface area (Å²) in [5, 5.41) is 4.47. The maximum Gasteiger partial charge on any atom is 0.253 e. The number of amides is 2. The van der Waals surface area contributed by atoms with Gasteiger partial charge in [0.1, 0.15) is 5.82 Å². The molecule has 2 aromatic carbocycles. The third-order valence-corrected chi connectivity index (χ3v) is 3.10. The lowest BCUT2D eigenvalue weighted by Gasteiger charge is -2.08. The molecule has 0 heterocycles. The molecule has 4 nitrogen and oxygen atoms in total. The number of halogens is 4. The summed E-state index contributed by atoms with van der Waals surface area (Å²) in [4.78, 5) is 23.5. The Morgan fingerprint density at radius 1 is 1.00 bits per heavy atom. The second-order valence-corrected chi connectivity index (χ2v) is 4.89. The van der Waals surface area contributed by atoms with Gasteiger partial charge in [0.2, 0.25) is 5.91 Å². The van der Waals surface area contributed by atoms with Crippen molar-refractivity contribution in [1.82, 2.24) is 5.32 Å². The minimum absolute atomic E-state index is 0.00805. The first-order valence-electron chi connectivity index (χ1n) is 6.35. The first-order chi connectivity index (χ1) is 10.9. The molecular formula is C15H10ClF3N2O2. The Bertz CT molecular complexity index is 768. The molecule has 2 N–H and O–H groups in total. The van der Waals surface area contributed by atoms with Crippen LogP contribution in [0.4, 0.5) is 18.9 Å². The van der Waals surface area contributed by atoms with Crippen LogP contribution in [0.1, 0.15) is 10.4 Å². The third kappa shape index (κ3) is 4.46. The van der Waals surface area contributed by atoms with Crippen LogP contribution in [-0.2, 0) is 4.79 Å². The molecular weight excluding hydrogens is 333 g/mol. The highest BCUT2D eigenvalue weighted by atomic mass is 35.5. The average Bonchev–Trinajstić information content (AvgIpc) is 2.48. The minimum atomic E-state index is -1.11. The van der Waals surface area contributed by atoms with Crippen LogP contribution >= 0.6 is 11.6 Å². The van der Waals surface area contributed by atoms with E-state index in [9.17, 15) is 22.8 Å². The predicted molar refractivity (Wildman–Crippen MR) is 78.7 cm³/mol. The maximum absolute atomic E-state index is 13.0. The van der Waals surface area contributed by atoms with Crippen molar-refractivity contribution in [1.29, 1.82) is 0 Å². The van der Waals surface area contributed by atoms with Gasteiger partial charge in [-0.15, -0.1) is 0 Å². The van der Waals surface area contributed by atoms with Gasteiger partial charge in [0.15, 0.2) is 11.6 Å². The minimum Gasteiger partial charge on any atom is -0.343 e. The summed E-state index contributed by atoms with van der Waals surface area (Å²) in [6.07, 6.45) is 0. The van der Waals surface area contributed by atoms with Gasteiger partial charge in [-0.3, -0.25) is 9.59 Å². The van der Waals surface area contributed by atoms with Crippen molar-refractivity contribution in [3.05, 3.63) is 64.4 Å². The SMILES string of the molecule is O=C(CNC(=O)c1ccc(F)cc1Cl)Nc1ccc(F)c(F)c1. The van der Waals surface area contributed by atoms with E-state index in [0.29, 0.717) is 0 Å². The fourth-order valence-corrected chi connectivity index (χ4v) is 1.96. The highest BCUT2D eigenvalue weighted by molar-refractivity contribution is 6.33. The molecule has 0 radical (unpaired) electrons. The summed E-state index contributed by atoms with van der Waals surface area (Å²) < 4.78 is 38.7. The molecule has 0 unspecified atom stereocenters. The Labute approximate surface area is 134 Å². The van der Waals surface area contributed by atoms with Crippen LogP contribution in [0.5, 0.6) is 0 Å². The van der Waals surface area contributed by atoms with Crippen LogP contribution in [0, 0.1) is 17.5 Å². The van der Waals surface area contributed by atoms with Crippen molar-refractivity contribution in [2.24, 2.45) is 0 Å². The zero-order valence-corrected chi connectivity index (χ0v) is 12.3. The van der Waals surface area contributed by atoms with E-state index in [-0.39, 0.29) is 16.3 Å². The Morgan fingerprint density at radius 2 is 1.74 bits per heavy atom. The van der Waals surface area contributed by atoms with E-state index in [1.54, 1.807) is 0 Å². The van der Waals surface area contributed by atoms with Crippen LogP contribution in [0.2, 0.25) is 5.02 Å². The lowest BCUT2D eigenvalue weighted by Crippen LogP contribution is -2.33. The molecule has 0 aromatic heterocycles. The summed E-state index contributed by atoms with van der Waals surface area (Å²) in [7, 11) is 0. The molecule has 120 valence electrons. The molecule has 23 heavy (non-hydrogen) atoms. The monoisotopic (exact) mass is 342 g/mol. The smallest absolute Gasteiger partial charge is 0.253 e. The number of carbonyl (C=O) groups is 2. The van der Waals surface area contributed by atoms with E-state index < -0.39 is 35.8 Å². The standard InChI is InChI=1S/C15H10ClF3N2O2/c16-11-5-8(17)1-3-10(11)15(23)20-7-14(22)21-9-2-4-12(18)13(19)6-9/h1-6H,7H2,(H,20,23)(H,21,22). The molecule has 8 heteroatoms. The number of hydrogen-bond donors (Lipinski definition) is 2. The zero-order valence-electron chi connectivity index (χ0n) is 11.5. The first-order valence-corrected chi connectivity index (χ1v) is 6.73. The second-order valence-electron chi connectivity index (χ2n) is 4.48. The van der Waals surface area contributed by atoms with E-state index in [1.165, 1.54) is 12.1 Å². The summed E-state index contributed by atoms with van der Waals surface area (Å²) >= 11 is 5.72. The summed E-state index contributed by atoms with van der Waals surface area (Å²) in [5.41, 5.74) is 0.0525. The fourth-order valence-electron chi connectivity index (χ4n) is 1.71. The largest absolute Gasteiger partial charge is 0.343 e. The number of hydrogen-bond acceptors (Lipinski definition) is 2. The molecule has 2 aromatic rings. The Balaban J connectivity index is 1.93. The van der Waals surface area contributed by atoms with Crippen LogP contribution in [-0.4, -0.2) is 18.4 Å². The number of benzene rings is 2. The van der Waals surface area contributed by atoms with Gasteiger partial charge < -0.3 is 10.6 Å². The number of carbonyl (C=O) groups excluding carboxylic acids is 2. The molecule has 0 saturated heterocycles.